The second-order valence-corrected chi connectivity index (χ2v) is 6.22. The number of benzene rings is 2. The van der Waals surface area contributed by atoms with Crippen LogP contribution >= 0.6 is 0 Å². The van der Waals surface area contributed by atoms with Crippen LogP contribution in [0, 0.1) is 0 Å². The van der Waals surface area contributed by atoms with Crippen LogP contribution in [0.4, 0.5) is 0 Å². The van der Waals surface area contributed by atoms with Gasteiger partial charge in [-0.25, -0.2) is 0 Å². The Morgan fingerprint density at radius 2 is 1.62 bits per heavy atom. The number of nitrogens with zero attached hydrogens (tertiary/aromatic N) is 1. The molecule has 1 saturated heterocycles. The molecule has 2 aromatic rings. The van der Waals surface area contributed by atoms with Gasteiger partial charge in [0.25, 0.3) is 0 Å². The van der Waals surface area contributed by atoms with Crippen LogP contribution in [0.2, 0.25) is 0 Å². The quantitative estimate of drug-likeness (QED) is 0.929. The fraction of sp³-hybridized carbons (Fsp3) is 0.368. The fourth-order valence-corrected chi connectivity index (χ4v) is 3.22. The van der Waals surface area contributed by atoms with Gasteiger partial charge in [-0.2, -0.15) is 0 Å². The molecule has 0 saturated carbocycles. The normalized spacial score (nSPS) is 23.1. The van der Waals surface area contributed by atoms with Crippen molar-refractivity contribution in [3.8, 4) is 11.1 Å². The maximum Gasteiger partial charge on any atom is 0.0726 e. The first kappa shape index (κ1) is 14.3. The Balaban J connectivity index is 1.75. The molecule has 1 unspecified atom stereocenters. The molecule has 0 aromatic heterocycles. The monoisotopic (exact) mass is 280 g/mol. The summed E-state index contributed by atoms with van der Waals surface area (Å²) >= 11 is 0. The Bertz CT molecular complexity index is 576. The van der Waals surface area contributed by atoms with Crippen LogP contribution in [0.1, 0.15) is 24.8 Å². The largest absolute Gasteiger partial charge is 0.313 e. The van der Waals surface area contributed by atoms with Gasteiger partial charge in [-0.3, -0.25) is 4.90 Å². The minimum atomic E-state index is -0.174. The maximum atomic E-state index is 6.61. The Morgan fingerprint density at radius 1 is 0.952 bits per heavy atom. The van der Waals surface area contributed by atoms with E-state index in [4.69, 9.17) is 5.73 Å². The third-order valence-electron chi connectivity index (χ3n) is 4.68. The highest BCUT2D eigenvalue weighted by Gasteiger charge is 2.32. The summed E-state index contributed by atoms with van der Waals surface area (Å²) in [6.07, 6.45) is 4.52. The van der Waals surface area contributed by atoms with Crippen LogP contribution in [-0.4, -0.2) is 24.2 Å². The van der Waals surface area contributed by atoms with E-state index < -0.39 is 0 Å². The summed E-state index contributed by atoms with van der Waals surface area (Å²) in [6, 6.07) is 19.4. The third-order valence-corrected chi connectivity index (χ3v) is 4.68. The van der Waals surface area contributed by atoms with Crippen LogP contribution in [0.15, 0.2) is 54.6 Å². The second-order valence-electron chi connectivity index (χ2n) is 6.22. The molecule has 1 aliphatic rings. The molecule has 1 atom stereocenters. The molecule has 1 aliphatic heterocycles. The van der Waals surface area contributed by atoms with Gasteiger partial charge in [0.05, 0.1) is 5.66 Å². The molecule has 1 fully saturated rings. The lowest BCUT2D eigenvalue weighted by molar-refractivity contribution is 0.0787. The smallest absolute Gasteiger partial charge is 0.0726 e. The van der Waals surface area contributed by atoms with Crippen molar-refractivity contribution in [2.45, 2.75) is 31.3 Å². The number of likely N-dealkylation sites (N-methyl/N-ethyl adjacent to an activating group) is 1. The Morgan fingerprint density at radius 3 is 2.29 bits per heavy atom. The van der Waals surface area contributed by atoms with Crippen molar-refractivity contribution in [3.05, 3.63) is 60.2 Å². The average Bonchev–Trinajstić information content (AvgIpc) is 2.52. The number of likely N-dealkylation sites (tertiary alicyclic amines) is 1. The summed E-state index contributed by atoms with van der Waals surface area (Å²) in [7, 11) is 2.15. The van der Waals surface area contributed by atoms with E-state index in [9.17, 15) is 0 Å². The van der Waals surface area contributed by atoms with E-state index in [1.807, 2.05) is 0 Å². The summed E-state index contributed by atoms with van der Waals surface area (Å²) in [4.78, 5) is 2.32. The van der Waals surface area contributed by atoms with E-state index in [0.29, 0.717) is 0 Å². The molecule has 2 aromatic carbocycles. The molecule has 110 valence electrons. The predicted octanol–water partition coefficient (Wildman–Crippen LogP) is 3.67. The van der Waals surface area contributed by atoms with Crippen LogP contribution in [0.25, 0.3) is 11.1 Å². The summed E-state index contributed by atoms with van der Waals surface area (Å²) in [5.41, 5.74) is 10.3. The molecule has 2 heteroatoms. The lowest BCUT2D eigenvalue weighted by Crippen LogP contribution is -2.58. The SMILES string of the molecule is CN1CCCCC1(N)Cc1ccc(-c2ccccc2)cc1. The molecular weight excluding hydrogens is 256 g/mol. The zero-order valence-corrected chi connectivity index (χ0v) is 12.8. The van der Waals surface area contributed by atoms with Gasteiger partial charge >= 0.3 is 0 Å². The van der Waals surface area contributed by atoms with Crippen molar-refractivity contribution in [2.24, 2.45) is 5.73 Å². The van der Waals surface area contributed by atoms with Crippen molar-refractivity contribution in [2.75, 3.05) is 13.6 Å². The van der Waals surface area contributed by atoms with Gasteiger partial charge < -0.3 is 5.73 Å². The van der Waals surface area contributed by atoms with E-state index in [2.05, 4.69) is 66.5 Å². The minimum Gasteiger partial charge on any atom is -0.313 e. The Labute approximate surface area is 127 Å². The molecular formula is C19H24N2. The number of rotatable bonds is 3. The van der Waals surface area contributed by atoms with Gasteiger partial charge in [-0.1, -0.05) is 54.6 Å². The van der Waals surface area contributed by atoms with Crippen LogP contribution in [0.5, 0.6) is 0 Å². The molecule has 0 bridgehead atoms. The molecule has 0 spiro atoms. The van der Waals surface area contributed by atoms with Gasteiger partial charge in [0.15, 0.2) is 0 Å². The fourth-order valence-electron chi connectivity index (χ4n) is 3.22. The lowest BCUT2D eigenvalue weighted by atomic mass is 9.89. The molecule has 3 rings (SSSR count). The van der Waals surface area contributed by atoms with Crippen molar-refractivity contribution in [3.63, 3.8) is 0 Å². The van der Waals surface area contributed by atoms with Gasteiger partial charge in [0.2, 0.25) is 0 Å². The number of hydrogen-bond acceptors (Lipinski definition) is 2. The summed E-state index contributed by atoms with van der Waals surface area (Å²) in [5, 5.41) is 0. The first-order valence-electron chi connectivity index (χ1n) is 7.82. The highest BCUT2D eigenvalue weighted by molar-refractivity contribution is 5.63. The molecule has 21 heavy (non-hydrogen) atoms. The molecule has 0 amide bonds. The highest BCUT2D eigenvalue weighted by Crippen LogP contribution is 2.27. The average molecular weight is 280 g/mol. The van der Waals surface area contributed by atoms with Crippen molar-refractivity contribution in [1.82, 2.24) is 4.90 Å². The predicted molar refractivity (Wildman–Crippen MR) is 89.0 cm³/mol. The maximum absolute atomic E-state index is 6.61. The van der Waals surface area contributed by atoms with E-state index in [1.165, 1.54) is 29.5 Å². The van der Waals surface area contributed by atoms with Crippen molar-refractivity contribution in [1.29, 1.82) is 0 Å². The van der Waals surface area contributed by atoms with E-state index >= 15 is 0 Å². The van der Waals surface area contributed by atoms with Gasteiger partial charge in [-0.05, 0) is 49.5 Å². The standard InChI is InChI=1S/C19H24N2/c1-21-14-6-5-13-19(21,20)15-16-9-11-18(12-10-16)17-7-3-2-4-8-17/h2-4,7-12H,5-6,13-15,20H2,1H3. The first-order valence-corrected chi connectivity index (χ1v) is 7.82. The minimum absolute atomic E-state index is 0.174. The third kappa shape index (κ3) is 3.17. The zero-order valence-electron chi connectivity index (χ0n) is 12.8. The van der Waals surface area contributed by atoms with Crippen LogP contribution in [-0.2, 0) is 6.42 Å². The molecule has 2 N–H and O–H groups in total. The van der Waals surface area contributed by atoms with E-state index in [0.717, 1.165) is 19.4 Å². The highest BCUT2D eigenvalue weighted by atomic mass is 15.3. The Hall–Kier alpha value is -1.64. The van der Waals surface area contributed by atoms with Gasteiger partial charge in [0.1, 0.15) is 0 Å². The summed E-state index contributed by atoms with van der Waals surface area (Å²) in [5.74, 6) is 0. The molecule has 2 nitrogen and oxygen atoms in total. The molecule has 1 heterocycles. The molecule has 0 radical (unpaired) electrons. The Kier molecular flexibility index (Phi) is 4.09. The number of hydrogen-bond donors (Lipinski definition) is 1. The first-order chi connectivity index (χ1) is 10.2. The number of nitrogens with two attached hydrogens (primary N) is 1. The van der Waals surface area contributed by atoms with Crippen molar-refractivity contribution < 1.29 is 0 Å². The van der Waals surface area contributed by atoms with Gasteiger partial charge in [-0.15, -0.1) is 0 Å². The number of piperidine rings is 1. The van der Waals surface area contributed by atoms with E-state index in [-0.39, 0.29) is 5.66 Å². The van der Waals surface area contributed by atoms with Crippen LogP contribution < -0.4 is 5.73 Å². The van der Waals surface area contributed by atoms with Crippen LogP contribution in [0.3, 0.4) is 0 Å². The lowest BCUT2D eigenvalue weighted by Gasteiger charge is -2.42. The van der Waals surface area contributed by atoms with Gasteiger partial charge in [0, 0.05) is 6.42 Å². The van der Waals surface area contributed by atoms with Crippen molar-refractivity contribution >= 4 is 0 Å². The zero-order chi connectivity index (χ0) is 14.7. The molecule has 0 aliphatic carbocycles. The van der Waals surface area contributed by atoms with E-state index in [1.54, 1.807) is 0 Å². The topological polar surface area (TPSA) is 29.3 Å². The summed E-state index contributed by atoms with van der Waals surface area (Å²) in [6.45, 7) is 1.11. The second kappa shape index (κ2) is 6.00. The summed E-state index contributed by atoms with van der Waals surface area (Å²) < 4.78 is 0.